The monoisotopic (exact) mass is 684 g/mol. The van der Waals surface area contributed by atoms with Crippen molar-refractivity contribution in [3.63, 3.8) is 0 Å². The van der Waals surface area contributed by atoms with E-state index in [1.54, 1.807) is 0 Å². The van der Waals surface area contributed by atoms with Crippen molar-refractivity contribution in [1.82, 2.24) is 10.9 Å². The van der Waals surface area contributed by atoms with Crippen molar-refractivity contribution < 1.29 is 29.6 Å². The van der Waals surface area contributed by atoms with Crippen molar-refractivity contribution in [3.05, 3.63) is 64.6 Å². The summed E-state index contributed by atoms with van der Waals surface area (Å²) in [5.41, 5.74) is 4.33. The number of hydrazone groups is 2. The molecule has 2 amide bonds. The van der Waals surface area contributed by atoms with Gasteiger partial charge in [0.1, 0.15) is 11.5 Å². The molecule has 16 heteroatoms. The highest BCUT2D eigenvalue weighted by Gasteiger charge is 2.15. The lowest BCUT2D eigenvalue weighted by Crippen LogP contribution is -2.17. The lowest BCUT2D eigenvalue weighted by atomic mass is 10.1. The number of carbonyl (C=O) groups is 2. The third-order valence-corrected chi connectivity index (χ3v) is 6.63. The summed E-state index contributed by atoms with van der Waals surface area (Å²) < 4.78 is 0.271. The van der Waals surface area contributed by atoms with Crippen LogP contribution in [0.25, 0.3) is 0 Å². The van der Waals surface area contributed by atoms with Gasteiger partial charge in [0, 0.05) is 48.2 Å². The molecule has 0 saturated carbocycles. The van der Waals surface area contributed by atoms with Gasteiger partial charge in [-0.15, -0.1) is 0 Å². The van der Waals surface area contributed by atoms with Crippen LogP contribution in [0, 0.1) is 20.2 Å². The highest BCUT2D eigenvalue weighted by molar-refractivity contribution is 9.11. The molecule has 40 heavy (non-hydrogen) atoms. The van der Waals surface area contributed by atoms with Crippen molar-refractivity contribution in [1.29, 1.82) is 0 Å². The fraction of sp³-hybridized carbons (Fsp3) is 0.333. The first-order valence-corrected chi connectivity index (χ1v) is 13.6. The molecule has 2 rings (SSSR count). The molecule has 0 aliphatic rings. The number of hydrogen-bond donors (Lipinski definition) is 4. The lowest BCUT2D eigenvalue weighted by molar-refractivity contribution is -0.385. The van der Waals surface area contributed by atoms with Crippen molar-refractivity contribution in [2.45, 2.75) is 51.4 Å². The summed E-state index contributed by atoms with van der Waals surface area (Å²) in [6.07, 6.45) is 7.32. The van der Waals surface area contributed by atoms with E-state index in [0.29, 0.717) is 12.8 Å². The van der Waals surface area contributed by atoms with E-state index in [2.05, 4.69) is 52.9 Å². The first kappa shape index (κ1) is 32.3. The maximum atomic E-state index is 11.9. The fourth-order valence-corrected chi connectivity index (χ4v) is 4.28. The smallest absolute Gasteiger partial charge is 0.271 e. The second-order valence-electron chi connectivity index (χ2n) is 8.45. The van der Waals surface area contributed by atoms with Crippen molar-refractivity contribution in [3.8, 4) is 11.5 Å². The maximum absolute atomic E-state index is 11.9. The normalized spacial score (nSPS) is 11.2. The number of nitro groups is 2. The Morgan fingerprint density at radius 2 is 1.07 bits per heavy atom. The summed E-state index contributed by atoms with van der Waals surface area (Å²) >= 11 is 6.06. The minimum Gasteiger partial charge on any atom is -0.506 e. The molecule has 2 aromatic rings. The lowest BCUT2D eigenvalue weighted by Gasteiger charge is -2.04. The number of hydrogen-bond acceptors (Lipinski definition) is 10. The van der Waals surface area contributed by atoms with Crippen LogP contribution in [0.4, 0.5) is 11.4 Å². The third kappa shape index (κ3) is 10.7. The minimum absolute atomic E-state index is 0.0804. The molecule has 0 aromatic heterocycles. The molecule has 0 aliphatic carbocycles. The van der Waals surface area contributed by atoms with Gasteiger partial charge in [0.2, 0.25) is 11.8 Å². The molecule has 0 unspecified atom stereocenters. The molecule has 0 spiro atoms. The average Bonchev–Trinajstić information content (AvgIpc) is 2.89. The highest BCUT2D eigenvalue weighted by Crippen LogP contribution is 2.32. The summed E-state index contributed by atoms with van der Waals surface area (Å²) in [6.45, 7) is 0. The Hall–Kier alpha value is -3.92. The first-order chi connectivity index (χ1) is 19.0. The number of nitrogens with zero attached hydrogens (tertiary/aromatic N) is 4. The van der Waals surface area contributed by atoms with E-state index in [1.165, 1.54) is 0 Å². The SMILES string of the molecule is O=C(CCCCCCCCC(=O)N/N=C\c1cc([N+](=O)[O-])cc(Br)c1O)N/N=C\c1cc([N+](=O)[O-])cc(Br)c1O. The van der Waals surface area contributed by atoms with Crippen LogP contribution in [0.5, 0.6) is 11.5 Å². The Kier molecular flexibility index (Phi) is 13.1. The molecule has 0 saturated heterocycles. The van der Waals surface area contributed by atoms with Crippen LogP contribution in [-0.2, 0) is 9.59 Å². The van der Waals surface area contributed by atoms with Crippen molar-refractivity contribution in [2.24, 2.45) is 10.2 Å². The number of halogens is 2. The number of phenolic OH excluding ortho intramolecular Hbond substituents is 2. The number of aromatic hydroxyl groups is 2. The van der Waals surface area contributed by atoms with Gasteiger partial charge in [-0.1, -0.05) is 25.7 Å². The van der Waals surface area contributed by atoms with Gasteiger partial charge in [-0.25, -0.2) is 10.9 Å². The summed E-state index contributed by atoms with van der Waals surface area (Å²) in [6, 6.07) is 4.59. The number of amides is 2. The number of non-ortho nitro benzene ring substituents is 2. The zero-order valence-corrected chi connectivity index (χ0v) is 24.2. The highest BCUT2D eigenvalue weighted by atomic mass is 79.9. The maximum Gasteiger partial charge on any atom is 0.271 e. The number of phenols is 2. The number of nitro benzene ring substituents is 2. The Balaban J connectivity index is 1.59. The van der Waals surface area contributed by atoms with Crippen molar-refractivity contribution in [2.75, 3.05) is 0 Å². The van der Waals surface area contributed by atoms with Crippen LogP contribution in [0.3, 0.4) is 0 Å². The molecule has 0 fully saturated rings. The predicted molar refractivity (Wildman–Crippen MR) is 153 cm³/mol. The van der Waals surface area contributed by atoms with Gasteiger partial charge in [-0.3, -0.25) is 29.8 Å². The zero-order chi connectivity index (χ0) is 29.7. The molecule has 0 radical (unpaired) electrons. The number of rotatable bonds is 15. The fourth-order valence-electron chi connectivity index (χ4n) is 3.36. The molecule has 2 aromatic carbocycles. The van der Waals surface area contributed by atoms with Crippen LogP contribution in [0.1, 0.15) is 62.5 Å². The van der Waals surface area contributed by atoms with Crippen LogP contribution in [0.15, 0.2) is 43.4 Å². The molecule has 14 nitrogen and oxygen atoms in total. The second kappa shape index (κ2) is 16.2. The number of nitrogens with one attached hydrogen (secondary N) is 2. The largest absolute Gasteiger partial charge is 0.506 e. The van der Waals surface area contributed by atoms with Gasteiger partial charge in [-0.05, 0) is 44.7 Å². The molecular weight excluding hydrogens is 660 g/mol. The first-order valence-electron chi connectivity index (χ1n) is 12.0. The Bertz CT molecular complexity index is 1220. The van der Waals surface area contributed by atoms with E-state index in [0.717, 1.165) is 62.4 Å². The predicted octanol–water partition coefficient (Wildman–Crippen LogP) is 5.16. The summed E-state index contributed by atoms with van der Waals surface area (Å²) in [5.74, 6) is -1.13. The van der Waals surface area contributed by atoms with Crippen LogP contribution < -0.4 is 10.9 Å². The quantitative estimate of drug-likeness (QED) is 0.0849. The van der Waals surface area contributed by atoms with Crippen LogP contribution in [0.2, 0.25) is 0 Å². The van der Waals surface area contributed by atoms with Crippen LogP contribution in [-0.4, -0.2) is 44.3 Å². The number of benzene rings is 2. The van der Waals surface area contributed by atoms with Gasteiger partial charge in [0.25, 0.3) is 11.4 Å². The van der Waals surface area contributed by atoms with E-state index in [-0.39, 0.29) is 67.6 Å². The second-order valence-corrected chi connectivity index (χ2v) is 10.2. The minimum atomic E-state index is -0.610. The van der Waals surface area contributed by atoms with E-state index < -0.39 is 9.85 Å². The molecule has 4 N–H and O–H groups in total. The van der Waals surface area contributed by atoms with Gasteiger partial charge in [0.15, 0.2) is 0 Å². The molecule has 0 atom stereocenters. The van der Waals surface area contributed by atoms with Gasteiger partial charge >= 0.3 is 0 Å². The van der Waals surface area contributed by atoms with E-state index >= 15 is 0 Å². The Morgan fingerprint density at radius 3 is 1.43 bits per heavy atom. The summed E-state index contributed by atoms with van der Waals surface area (Å²) in [7, 11) is 0. The van der Waals surface area contributed by atoms with E-state index in [9.17, 15) is 40.0 Å². The van der Waals surface area contributed by atoms with Gasteiger partial charge in [-0.2, -0.15) is 10.2 Å². The number of unbranched alkanes of at least 4 members (excludes halogenated alkanes) is 5. The Morgan fingerprint density at radius 1 is 0.725 bits per heavy atom. The van der Waals surface area contributed by atoms with Gasteiger partial charge in [0.05, 0.1) is 31.2 Å². The van der Waals surface area contributed by atoms with Crippen molar-refractivity contribution >= 4 is 67.5 Å². The standard InChI is InChI=1S/C24H26Br2N6O8/c25-19-11-17(31(37)38)9-15(23(19)35)13-27-29-21(33)7-5-3-1-2-4-6-8-22(34)30-28-14-16-10-18(32(39)40)12-20(26)24(16)36/h9-14,35-36H,1-8H2,(H,29,33)(H,30,34)/b27-13-,28-14-. The van der Waals surface area contributed by atoms with E-state index in [4.69, 9.17) is 0 Å². The zero-order valence-electron chi connectivity index (χ0n) is 21.0. The summed E-state index contributed by atoms with van der Waals surface area (Å²) in [5, 5.41) is 49.2. The Labute approximate surface area is 245 Å². The molecule has 0 bridgehead atoms. The molecular formula is C24H26Br2N6O8. The van der Waals surface area contributed by atoms with E-state index in [1.807, 2.05) is 0 Å². The average molecular weight is 686 g/mol. The van der Waals surface area contributed by atoms with Crippen LogP contribution >= 0.6 is 31.9 Å². The number of carbonyl (C=O) groups excluding carboxylic acids is 2. The topological polar surface area (TPSA) is 210 Å². The molecule has 214 valence electrons. The molecule has 0 aliphatic heterocycles. The summed E-state index contributed by atoms with van der Waals surface area (Å²) in [4.78, 5) is 44.5. The molecule has 0 heterocycles. The third-order valence-electron chi connectivity index (χ3n) is 5.42. The van der Waals surface area contributed by atoms with Gasteiger partial charge < -0.3 is 10.2 Å².